The lowest BCUT2D eigenvalue weighted by Gasteiger charge is -2.14. The average molecular weight is 357 g/mol. The van der Waals surface area contributed by atoms with Crippen LogP contribution >= 0.6 is 11.8 Å². The van der Waals surface area contributed by atoms with E-state index in [1.165, 1.54) is 23.9 Å². The van der Waals surface area contributed by atoms with E-state index >= 15 is 0 Å². The number of nitrogens with zero attached hydrogens (tertiary/aromatic N) is 3. The molecule has 1 heterocycles. The summed E-state index contributed by atoms with van der Waals surface area (Å²) in [4.78, 5) is 0. The molecule has 0 spiro atoms. The largest absolute Gasteiger partial charge is 0.483 e. The van der Waals surface area contributed by atoms with Crippen LogP contribution in [0.15, 0.2) is 53.7 Å². The van der Waals surface area contributed by atoms with Gasteiger partial charge in [0, 0.05) is 12.8 Å². The maximum Gasteiger partial charge on any atom is 0.191 e. The Morgan fingerprint density at radius 1 is 1.16 bits per heavy atom. The highest BCUT2D eigenvalue weighted by atomic mass is 32.2. The van der Waals surface area contributed by atoms with Crippen LogP contribution in [-0.2, 0) is 12.8 Å². The highest BCUT2D eigenvalue weighted by molar-refractivity contribution is 7.98. The van der Waals surface area contributed by atoms with Gasteiger partial charge in [0.15, 0.2) is 17.1 Å². The van der Waals surface area contributed by atoms with Gasteiger partial charge in [0.2, 0.25) is 0 Å². The van der Waals surface area contributed by atoms with Crippen molar-refractivity contribution in [3.8, 4) is 5.75 Å². The molecule has 0 fully saturated rings. The van der Waals surface area contributed by atoms with Crippen molar-refractivity contribution in [2.45, 2.75) is 30.9 Å². The second kappa shape index (κ2) is 7.70. The van der Waals surface area contributed by atoms with Crippen LogP contribution in [0.1, 0.15) is 30.0 Å². The molecule has 0 amide bonds. The predicted molar refractivity (Wildman–Crippen MR) is 97.2 cm³/mol. The van der Waals surface area contributed by atoms with E-state index in [0.717, 1.165) is 27.9 Å². The summed E-state index contributed by atoms with van der Waals surface area (Å²) >= 11 is 1.52. The van der Waals surface area contributed by atoms with Crippen molar-refractivity contribution in [1.82, 2.24) is 14.8 Å². The molecule has 3 rings (SSSR count). The lowest BCUT2D eigenvalue weighted by molar-refractivity contribution is 0.211. The van der Waals surface area contributed by atoms with Gasteiger partial charge in [-0.1, -0.05) is 36.0 Å². The molecule has 25 heavy (non-hydrogen) atoms. The summed E-state index contributed by atoms with van der Waals surface area (Å²) in [5, 5.41) is 9.27. The lowest BCUT2D eigenvalue weighted by Crippen LogP contribution is -2.10. The highest BCUT2D eigenvalue weighted by Crippen LogP contribution is 2.26. The van der Waals surface area contributed by atoms with E-state index < -0.39 is 0 Å². The van der Waals surface area contributed by atoms with Crippen LogP contribution in [-0.4, -0.2) is 14.8 Å². The highest BCUT2D eigenvalue weighted by Gasteiger charge is 2.17. The molecule has 0 aliphatic carbocycles. The molecular weight excluding hydrogens is 337 g/mol. The molecule has 1 aromatic heterocycles. The summed E-state index contributed by atoms with van der Waals surface area (Å²) in [6.45, 7) is 3.98. The minimum absolute atomic E-state index is 0.220. The first-order valence-corrected chi connectivity index (χ1v) is 9.01. The van der Waals surface area contributed by atoms with Crippen LogP contribution in [0.5, 0.6) is 5.75 Å². The summed E-state index contributed by atoms with van der Waals surface area (Å²) in [7, 11) is 1.92. The fraction of sp³-hybridized carbons (Fsp3) is 0.263. The normalized spacial score (nSPS) is 12.2. The number of rotatable bonds is 6. The molecule has 130 valence electrons. The first kappa shape index (κ1) is 17.5. The second-order valence-electron chi connectivity index (χ2n) is 5.89. The van der Waals surface area contributed by atoms with Crippen molar-refractivity contribution < 1.29 is 9.13 Å². The molecule has 3 aromatic rings. The van der Waals surface area contributed by atoms with Gasteiger partial charge in [0.1, 0.15) is 11.6 Å². The maximum absolute atomic E-state index is 13.3. The van der Waals surface area contributed by atoms with Crippen LogP contribution in [0.3, 0.4) is 0 Å². The van der Waals surface area contributed by atoms with Crippen LogP contribution in [0.4, 0.5) is 4.39 Å². The Kier molecular flexibility index (Phi) is 5.38. The molecule has 0 saturated carbocycles. The average Bonchev–Trinajstić information content (AvgIpc) is 2.94. The van der Waals surface area contributed by atoms with Gasteiger partial charge in [-0.2, -0.15) is 0 Å². The maximum atomic E-state index is 13.3. The van der Waals surface area contributed by atoms with Crippen LogP contribution in [0.2, 0.25) is 0 Å². The third-order valence-electron chi connectivity index (χ3n) is 3.79. The zero-order valence-electron chi connectivity index (χ0n) is 14.4. The molecule has 1 atom stereocenters. The lowest BCUT2D eigenvalue weighted by atomic mass is 10.2. The SMILES string of the molecule is Cc1cccc(OC(C)c2nnc(SCc3cccc(F)c3)n2C)c1. The molecule has 6 heteroatoms. The van der Waals surface area contributed by atoms with E-state index in [9.17, 15) is 4.39 Å². The number of ether oxygens (including phenoxy) is 1. The van der Waals surface area contributed by atoms with Gasteiger partial charge in [-0.3, -0.25) is 0 Å². The number of thioether (sulfide) groups is 1. The van der Waals surface area contributed by atoms with Crippen molar-refractivity contribution in [1.29, 1.82) is 0 Å². The van der Waals surface area contributed by atoms with E-state index in [1.54, 1.807) is 6.07 Å². The fourth-order valence-corrected chi connectivity index (χ4v) is 3.39. The van der Waals surface area contributed by atoms with Crippen molar-refractivity contribution in [3.05, 3.63) is 71.3 Å². The Morgan fingerprint density at radius 3 is 2.72 bits per heavy atom. The smallest absolute Gasteiger partial charge is 0.191 e. The van der Waals surface area contributed by atoms with Crippen molar-refractivity contribution in [2.75, 3.05) is 0 Å². The quantitative estimate of drug-likeness (QED) is 0.600. The third-order valence-corrected chi connectivity index (χ3v) is 4.88. The Bertz CT molecular complexity index is 865. The van der Waals surface area contributed by atoms with Gasteiger partial charge < -0.3 is 9.30 Å². The molecule has 0 bridgehead atoms. The molecule has 1 unspecified atom stereocenters. The second-order valence-corrected chi connectivity index (χ2v) is 6.84. The van der Waals surface area contributed by atoms with Gasteiger partial charge in [-0.25, -0.2) is 4.39 Å². The first-order valence-electron chi connectivity index (χ1n) is 8.03. The first-order chi connectivity index (χ1) is 12.0. The number of aromatic nitrogens is 3. The summed E-state index contributed by atoms with van der Waals surface area (Å²) < 4.78 is 21.2. The van der Waals surface area contributed by atoms with Gasteiger partial charge >= 0.3 is 0 Å². The number of hydrogen-bond acceptors (Lipinski definition) is 4. The Balaban J connectivity index is 1.67. The monoisotopic (exact) mass is 357 g/mol. The summed E-state index contributed by atoms with van der Waals surface area (Å²) in [5.41, 5.74) is 2.06. The summed E-state index contributed by atoms with van der Waals surface area (Å²) in [5.74, 6) is 1.97. The Hall–Kier alpha value is -2.34. The molecule has 2 aromatic carbocycles. The zero-order chi connectivity index (χ0) is 17.8. The molecule has 0 saturated heterocycles. The van der Waals surface area contributed by atoms with Gasteiger partial charge in [-0.15, -0.1) is 10.2 Å². The van der Waals surface area contributed by atoms with E-state index in [0.29, 0.717) is 5.75 Å². The predicted octanol–water partition coefficient (Wildman–Crippen LogP) is 4.69. The van der Waals surface area contributed by atoms with Crippen LogP contribution < -0.4 is 4.74 Å². The number of aryl methyl sites for hydroxylation is 1. The standard InChI is InChI=1S/C19H20FN3OS/c1-13-6-4-9-17(10-13)24-14(2)18-21-22-19(23(18)3)25-12-15-7-5-8-16(20)11-15/h4-11,14H,12H2,1-3H3. The van der Waals surface area contributed by atoms with E-state index in [-0.39, 0.29) is 11.9 Å². The molecule has 0 aliphatic heterocycles. The number of benzene rings is 2. The van der Waals surface area contributed by atoms with Crippen molar-refractivity contribution in [2.24, 2.45) is 7.05 Å². The van der Waals surface area contributed by atoms with Crippen molar-refractivity contribution in [3.63, 3.8) is 0 Å². The molecule has 0 radical (unpaired) electrons. The topological polar surface area (TPSA) is 39.9 Å². The van der Waals surface area contributed by atoms with Gasteiger partial charge in [-0.05, 0) is 49.2 Å². The Morgan fingerprint density at radius 2 is 1.96 bits per heavy atom. The number of halogens is 1. The minimum atomic E-state index is -0.225. The van der Waals surface area contributed by atoms with E-state index in [1.807, 2.05) is 55.8 Å². The van der Waals surface area contributed by atoms with E-state index in [4.69, 9.17) is 4.74 Å². The zero-order valence-corrected chi connectivity index (χ0v) is 15.3. The molecule has 0 aliphatic rings. The molecule has 4 nitrogen and oxygen atoms in total. The van der Waals surface area contributed by atoms with E-state index in [2.05, 4.69) is 10.2 Å². The Labute approximate surface area is 151 Å². The minimum Gasteiger partial charge on any atom is -0.483 e. The van der Waals surface area contributed by atoms with Crippen LogP contribution in [0.25, 0.3) is 0 Å². The van der Waals surface area contributed by atoms with Crippen molar-refractivity contribution >= 4 is 11.8 Å². The molecule has 0 N–H and O–H groups in total. The van der Waals surface area contributed by atoms with Gasteiger partial charge in [0.25, 0.3) is 0 Å². The summed E-state index contributed by atoms with van der Waals surface area (Å²) in [6.07, 6.45) is -0.220. The third kappa shape index (κ3) is 4.39. The fourth-order valence-electron chi connectivity index (χ4n) is 2.53. The molecular formula is C19H20FN3OS. The number of hydrogen-bond donors (Lipinski definition) is 0. The van der Waals surface area contributed by atoms with Gasteiger partial charge in [0.05, 0.1) is 0 Å². The summed E-state index contributed by atoms with van der Waals surface area (Å²) in [6, 6.07) is 14.5. The van der Waals surface area contributed by atoms with Crippen LogP contribution in [0, 0.1) is 12.7 Å².